The Kier molecular flexibility index (Phi) is 9.85. The molecule has 324 valence electrons. The van der Waals surface area contributed by atoms with Crippen LogP contribution in [0.2, 0.25) is 0 Å². The number of hydrogen-bond acceptors (Lipinski definition) is 0. The van der Waals surface area contributed by atoms with E-state index in [1.54, 1.807) is 0 Å². The molecule has 0 aliphatic rings. The van der Waals surface area contributed by atoms with Gasteiger partial charge in [0.15, 0.2) is 0 Å². The van der Waals surface area contributed by atoms with Crippen molar-refractivity contribution in [1.82, 2.24) is 4.57 Å². The molecule has 0 aliphatic carbocycles. The quantitative estimate of drug-likeness (QED) is 0.156. The smallest absolute Gasteiger partial charge is 0.0619 e. The molecule has 0 bridgehead atoms. The van der Waals surface area contributed by atoms with E-state index >= 15 is 0 Å². The Morgan fingerprint density at radius 2 is 0.662 bits per heavy atom. The molecule has 0 spiro atoms. The third kappa shape index (κ3) is 7.07. The van der Waals surface area contributed by atoms with E-state index in [0.29, 0.717) is 0 Å². The molecule has 0 aliphatic heterocycles. The van der Waals surface area contributed by atoms with Crippen molar-refractivity contribution in [3.8, 4) is 39.2 Å². The van der Waals surface area contributed by atoms with E-state index in [1.807, 2.05) is 0 Å². The molecule has 0 atom stereocenters. The molecule has 1 heteroatoms. The van der Waals surface area contributed by atoms with Crippen LogP contribution in [0.3, 0.4) is 0 Å². The fraction of sp³-hybridized carbons (Fsp3) is 0.250. The van der Waals surface area contributed by atoms with Crippen LogP contribution in [0.15, 0.2) is 164 Å². The van der Waals surface area contributed by atoms with Gasteiger partial charge in [0, 0.05) is 16.6 Å². The van der Waals surface area contributed by atoms with Crippen LogP contribution in [0.1, 0.15) is 105 Å². The minimum Gasteiger partial charge on any atom is -0.309 e. The van der Waals surface area contributed by atoms with Gasteiger partial charge in [-0.3, -0.25) is 0 Å². The lowest BCUT2D eigenvalue weighted by molar-refractivity contribution is 0.593. The zero-order valence-electron chi connectivity index (χ0n) is 40.5. The number of rotatable bonds is 4. The highest BCUT2D eigenvalue weighted by molar-refractivity contribution is 6.16. The minimum atomic E-state index is -0.141. The van der Waals surface area contributed by atoms with Gasteiger partial charge in [-0.2, -0.15) is 0 Å². The minimum absolute atomic E-state index is 0.100. The summed E-state index contributed by atoms with van der Waals surface area (Å²) in [6.45, 7) is 28.6. The molecule has 0 fully saturated rings. The summed E-state index contributed by atoms with van der Waals surface area (Å²) in [5.41, 5.74) is 14.9. The Labute approximate surface area is 386 Å². The lowest BCUT2D eigenvalue weighted by atomic mass is 9.73. The predicted molar refractivity (Wildman–Crippen MR) is 284 cm³/mol. The number of benzene rings is 9. The van der Waals surface area contributed by atoms with Crippen LogP contribution in [0, 0.1) is 0 Å². The summed E-state index contributed by atoms with van der Waals surface area (Å²) in [4.78, 5) is 0. The van der Waals surface area contributed by atoms with Crippen molar-refractivity contribution in [2.45, 2.75) is 105 Å². The molecule has 0 amide bonds. The van der Waals surface area contributed by atoms with Gasteiger partial charge in [0.25, 0.3) is 0 Å². The maximum absolute atomic E-state index is 2.61. The van der Waals surface area contributed by atoms with Gasteiger partial charge in [-0.15, -0.1) is 0 Å². The Balaban J connectivity index is 1.42. The third-order valence-corrected chi connectivity index (χ3v) is 13.7. The van der Waals surface area contributed by atoms with Gasteiger partial charge in [-0.05, 0) is 140 Å². The summed E-state index contributed by atoms with van der Waals surface area (Å²) in [7, 11) is 0. The molecule has 10 rings (SSSR count). The van der Waals surface area contributed by atoms with E-state index in [4.69, 9.17) is 0 Å². The monoisotopic (exact) mass is 845 g/mol. The van der Waals surface area contributed by atoms with Crippen molar-refractivity contribution in [3.05, 3.63) is 186 Å². The second kappa shape index (κ2) is 15.1. The zero-order chi connectivity index (χ0) is 45.8. The fourth-order valence-electron chi connectivity index (χ4n) is 11.4. The van der Waals surface area contributed by atoms with Crippen LogP contribution in [0.25, 0.3) is 93.2 Å². The van der Waals surface area contributed by atoms with Gasteiger partial charge in [-0.1, -0.05) is 217 Å². The molecule has 1 heterocycles. The highest BCUT2D eigenvalue weighted by atomic mass is 15.0. The summed E-state index contributed by atoms with van der Waals surface area (Å²) in [6.07, 6.45) is 0. The predicted octanol–water partition coefficient (Wildman–Crippen LogP) is 18.4. The van der Waals surface area contributed by atoms with E-state index in [-0.39, 0.29) is 21.7 Å². The van der Waals surface area contributed by atoms with Crippen molar-refractivity contribution in [1.29, 1.82) is 0 Å². The first-order valence-electron chi connectivity index (χ1n) is 23.6. The van der Waals surface area contributed by atoms with Gasteiger partial charge in [-0.25, -0.2) is 0 Å². The van der Waals surface area contributed by atoms with Crippen LogP contribution in [0.5, 0.6) is 0 Å². The first-order valence-corrected chi connectivity index (χ1v) is 23.6. The van der Waals surface area contributed by atoms with E-state index in [0.717, 1.165) is 0 Å². The summed E-state index contributed by atoms with van der Waals surface area (Å²) in [5, 5.41) is 12.0. The average Bonchev–Trinajstić information content (AvgIpc) is 3.59. The number of aromatic nitrogens is 1. The molecular weight excluding hydrogens is 783 g/mol. The number of nitrogens with zero attached hydrogens (tertiary/aromatic N) is 1. The standard InChI is InChI=1S/C64H63N/c1-61(2,3)56-45-30-22-23-31-46(45)57(62(4,5)6)52-39-54-53(38-51(52)56)55(41-26-18-14-19-27-41)60(42-28-20-15-21-29-42)65(54)44-33-35-48-50(37-44)59(64(10,11)12)47-34-32-43(40-24-16-13-17-25-40)36-49(47)58(48)63(7,8)9/h13-39H,1-12H3. The molecule has 0 saturated heterocycles. The van der Waals surface area contributed by atoms with Gasteiger partial charge in [0.1, 0.15) is 0 Å². The molecule has 9 aromatic carbocycles. The van der Waals surface area contributed by atoms with E-state index in [9.17, 15) is 0 Å². The SMILES string of the molecule is CC(C)(C)c1c2ccc(-n3c(-c4ccccc4)c(-c4ccccc4)c4cc5c(C(C)(C)C)c6ccccc6c(C(C)(C)C)c5cc43)cc2c(C(C)(C)C)c2ccc(-c3ccccc3)cc12. The van der Waals surface area contributed by atoms with Crippen molar-refractivity contribution in [3.63, 3.8) is 0 Å². The molecule has 0 N–H and O–H groups in total. The molecular formula is C64H63N. The zero-order valence-corrected chi connectivity index (χ0v) is 40.5. The lowest BCUT2D eigenvalue weighted by Crippen LogP contribution is -2.18. The summed E-state index contributed by atoms with van der Waals surface area (Å²) < 4.78 is 2.61. The second-order valence-corrected chi connectivity index (χ2v) is 22.6. The Morgan fingerprint density at radius 3 is 1.15 bits per heavy atom. The largest absolute Gasteiger partial charge is 0.309 e. The van der Waals surface area contributed by atoms with Crippen LogP contribution in [-0.2, 0) is 21.7 Å². The molecule has 0 radical (unpaired) electrons. The van der Waals surface area contributed by atoms with Crippen molar-refractivity contribution < 1.29 is 0 Å². The van der Waals surface area contributed by atoms with Gasteiger partial charge >= 0.3 is 0 Å². The summed E-state index contributed by atoms with van der Waals surface area (Å²) in [6, 6.07) is 61.9. The molecule has 1 aromatic heterocycles. The highest BCUT2D eigenvalue weighted by Gasteiger charge is 2.32. The van der Waals surface area contributed by atoms with Crippen molar-refractivity contribution in [2.24, 2.45) is 0 Å². The van der Waals surface area contributed by atoms with E-state index in [2.05, 4.69) is 251 Å². The molecule has 10 aromatic rings. The summed E-state index contributed by atoms with van der Waals surface area (Å²) >= 11 is 0. The average molecular weight is 846 g/mol. The van der Waals surface area contributed by atoms with E-state index in [1.165, 1.54) is 115 Å². The van der Waals surface area contributed by atoms with Gasteiger partial charge in [0.2, 0.25) is 0 Å². The number of hydrogen-bond donors (Lipinski definition) is 0. The molecule has 0 unspecified atom stereocenters. The Hall–Kier alpha value is -6.44. The summed E-state index contributed by atoms with van der Waals surface area (Å²) in [5.74, 6) is 0. The maximum atomic E-state index is 2.61. The molecule has 1 nitrogen and oxygen atoms in total. The Morgan fingerprint density at radius 1 is 0.277 bits per heavy atom. The first-order chi connectivity index (χ1) is 30.8. The third-order valence-electron chi connectivity index (χ3n) is 13.7. The maximum Gasteiger partial charge on any atom is 0.0619 e. The molecule has 0 saturated carbocycles. The van der Waals surface area contributed by atoms with Gasteiger partial charge < -0.3 is 4.57 Å². The van der Waals surface area contributed by atoms with Crippen molar-refractivity contribution in [2.75, 3.05) is 0 Å². The fourth-order valence-corrected chi connectivity index (χ4v) is 11.4. The van der Waals surface area contributed by atoms with Crippen LogP contribution in [0.4, 0.5) is 0 Å². The van der Waals surface area contributed by atoms with Crippen molar-refractivity contribution >= 4 is 54.0 Å². The Bertz CT molecular complexity index is 3460. The first kappa shape index (κ1) is 42.5. The molecule has 65 heavy (non-hydrogen) atoms. The lowest BCUT2D eigenvalue weighted by Gasteiger charge is -2.31. The second-order valence-electron chi connectivity index (χ2n) is 22.6. The van der Waals surface area contributed by atoms with Crippen LogP contribution >= 0.6 is 0 Å². The normalized spacial score (nSPS) is 12.9. The highest BCUT2D eigenvalue weighted by Crippen LogP contribution is 2.51. The van der Waals surface area contributed by atoms with Crippen LogP contribution < -0.4 is 0 Å². The number of fused-ring (bicyclic) bond motifs is 5. The van der Waals surface area contributed by atoms with Crippen LogP contribution in [-0.4, -0.2) is 4.57 Å². The van der Waals surface area contributed by atoms with Gasteiger partial charge in [0.05, 0.1) is 11.2 Å². The van der Waals surface area contributed by atoms with E-state index < -0.39 is 0 Å². The topological polar surface area (TPSA) is 4.93 Å².